The Morgan fingerprint density at radius 3 is 1.54 bits per heavy atom. The number of nitrogens with zero attached hydrogens (tertiary/aromatic N) is 2. The van der Waals surface area contributed by atoms with Crippen LogP contribution in [0, 0.1) is 11.8 Å². The zero-order chi connectivity index (χ0) is 34.8. The van der Waals surface area contributed by atoms with Gasteiger partial charge in [0.25, 0.3) is 11.8 Å². The first-order valence-electron chi connectivity index (χ1n) is 17.7. The van der Waals surface area contributed by atoms with E-state index < -0.39 is 17.9 Å². The summed E-state index contributed by atoms with van der Waals surface area (Å²) in [4.78, 5) is 69.2. The number of nitrogens with one attached hydrogen (secondary N) is 3. The third kappa shape index (κ3) is 7.51. The zero-order valence-corrected chi connectivity index (χ0v) is 28.0. The van der Waals surface area contributed by atoms with Crippen LogP contribution < -0.4 is 21.7 Å². The van der Waals surface area contributed by atoms with Crippen LogP contribution in [0.4, 0.5) is 4.79 Å². The molecule has 3 aromatic rings. The summed E-state index contributed by atoms with van der Waals surface area (Å²) in [5.41, 5.74) is 8.49. The highest BCUT2D eigenvalue weighted by molar-refractivity contribution is 5.99. The van der Waals surface area contributed by atoms with Gasteiger partial charge < -0.3 is 31.5 Å². The highest BCUT2D eigenvalue weighted by atomic mass is 16.2. The summed E-state index contributed by atoms with van der Waals surface area (Å²) in [6.07, 6.45) is 3.79. The summed E-state index contributed by atoms with van der Waals surface area (Å²) < 4.78 is 0. The summed E-state index contributed by atoms with van der Waals surface area (Å²) in [6, 6.07) is 26.1. The van der Waals surface area contributed by atoms with E-state index in [1.807, 2.05) is 36.4 Å². The van der Waals surface area contributed by atoms with Crippen LogP contribution in [0.5, 0.6) is 0 Å². The second-order valence-electron chi connectivity index (χ2n) is 14.2. The molecule has 260 valence electrons. The Morgan fingerprint density at radius 2 is 1.06 bits per heavy atom. The lowest BCUT2D eigenvalue weighted by atomic mass is 9.94. The van der Waals surface area contributed by atoms with Gasteiger partial charge in [0.2, 0.25) is 11.8 Å². The van der Waals surface area contributed by atoms with Crippen LogP contribution >= 0.6 is 0 Å². The molecule has 0 unspecified atom stereocenters. The summed E-state index contributed by atoms with van der Waals surface area (Å²) in [5, 5.41) is 9.09. The maximum absolute atomic E-state index is 13.8. The highest BCUT2D eigenvalue weighted by Crippen LogP contribution is 2.42. The maximum Gasteiger partial charge on any atom is 0.312 e. The number of likely N-dealkylation sites (tertiary alicyclic amines) is 2. The number of amides is 6. The third-order valence-electron chi connectivity index (χ3n) is 10.7. The first-order valence-corrected chi connectivity index (χ1v) is 17.7. The SMILES string of the molecule is NC(=O)N[C@@H]1CCCN(C(=O)c2ccc(C(=O)N3C[C@@H](C(=O)N[C@H]4C[C@@H]4c4ccccc4)[C@H](C(=O)N[C@H]4C[C@@H]4c4ccccc4)C3)cc2)CC1. The Balaban J connectivity index is 1.01. The smallest absolute Gasteiger partial charge is 0.312 e. The summed E-state index contributed by atoms with van der Waals surface area (Å²) >= 11 is 0. The quantitative estimate of drug-likeness (QED) is 0.274. The van der Waals surface area contributed by atoms with Crippen LogP contribution in [0.25, 0.3) is 0 Å². The van der Waals surface area contributed by atoms with Crippen molar-refractivity contribution in [3.63, 3.8) is 0 Å². The number of hydrogen-bond acceptors (Lipinski definition) is 5. The lowest BCUT2D eigenvalue weighted by Crippen LogP contribution is -2.43. The van der Waals surface area contributed by atoms with E-state index in [0.717, 1.165) is 25.7 Å². The Morgan fingerprint density at radius 1 is 0.580 bits per heavy atom. The largest absolute Gasteiger partial charge is 0.352 e. The Kier molecular flexibility index (Phi) is 9.56. The molecule has 2 saturated heterocycles. The number of urea groups is 1. The van der Waals surface area contributed by atoms with Crippen molar-refractivity contribution < 1.29 is 24.0 Å². The molecule has 0 radical (unpaired) electrons. The molecular formula is C39H44N6O5. The van der Waals surface area contributed by atoms with Gasteiger partial charge in [0.1, 0.15) is 0 Å². The van der Waals surface area contributed by atoms with Crippen molar-refractivity contribution >= 4 is 29.7 Å². The fraction of sp³-hybridized carbons (Fsp3) is 0.410. The van der Waals surface area contributed by atoms with Gasteiger partial charge >= 0.3 is 6.03 Å². The predicted molar refractivity (Wildman–Crippen MR) is 187 cm³/mol. The van der Waals surface area contributed by atoms with Crippen LogP contribution in [-0.4, -0.2) is 83.8 Å². The highest BCUT2D eigenvalue weighted by Gasteiger charge is 2.49. The summed E-state index contributed by atoms with van der Waals surface area (Å²) in [5.74, 6) is -1.70. The number of carbonyl (C=O) groups excluding carboxylic acids is 5. The van der Waals surface area contributed by atoms with E-state index in [2.05, 4.69) is 40.2 Å². The van der Waals surface area contributed by atoms with Crippen LogP contribution in [0.2, 0.25) is 0 Å². The molecule has 11 heteroatoms. The van der Waals surface area contributed by atoms with Gasteiger partial charge in [0.15, 0.2) is 0 Å². The average molecular weight is 677 g/mol. The molecule has 3 aromatic carbocycles. The van der Waals surface area contributed by atoms with Crippen molar-refractivity contribution in [2.75, 3.05) is 26.2 Å². The van der Waals surface area contributed by atoms with Crippen LogP contribution in [0.1, 0.15) is 75.8 Å². The van der Waals surface area contributed by atoms with E-state index in [1.54, 1.807) is 34.1 Å². The third-order valence-corrected chi connectivity index (χ3v) is 10.7. The van der Waals surface area contributed by atoms with Crippen molar-refractivity contribution in [3.05, 3.63) is 107 Å². The predicted octanol–water partition coefficient (Wildman–Crippen LogP) is 3.38. The molecule has 2 aliphatic carbocycles. The molecule has 4 fully saturated rings. The van der Waals surface area contributed by atoms with Gasteiger partial charge in [-0.15, -0.1) is 0 Å². The molecule has 0 spiro atoms. The topological polar surface area (TPSA) is 154 Å². The molecule has 7 atom stereocenters. The lowest BCUT2D eigenvalue weighted by Gasteiger charge is -2.21. The summed E-state index contributed by atoms with van der Waals surface area (Å²) in [7, 11) is 0. The standard InChI is InChI=1S/C39H44N6O5/c40-39(50)41-28-12-7-18-44(19-17-28)37(48)26-13-15-27(16-14-26)38(49)45-22-31(35(46)42-33-20-29(33)24-8-3-1-4-9-24)32(23-45)36(47)43-34-21-30(34)25-10-5-2-6-11-25/h1-6,8-11,13-16,28-34H,7,12,17-23H2,(H,42,46)(H,43,47)(H3,40,41,50)/t28-,29-,30-,31-,32-,33+,34+/m1/s1. The van der Waals surface area contributed by atoms with Crippen molar-refractivity contribution in [1.82, 2.24) is 25.8 Å². The van der Waals surface area contributed by atoms with E-state index in [9.17, 15) is 24.0 Å². The molecule has 2 saturated carbocycles. The van der Waals surface area contributed by atoms with E-state index in [0.29, 0.717) is 30.6 Å². The molecular weight excluding hydrogens is 632 g/mol. The second-order valence-corrected chi connectivity index (χ2v) is 14.2. The minimum atomic E-state index is -0.679. The van der Waals surface area contributed by atoms with Crippen molar-refractivity contribution in [1.29, 1.82) is 0 Å². The second kappa shape index (κ2) is 14.3. The van der Waals surface area contributed by atoms with Gasteiger partial charge in [-0.1, -0.05) is 60.7 Å². The monoisotopic (exact) mass is 676 g/mol. The van der Waals surface area contributed by atoms with E-state index in [4.69, 9.17) is 5.73 Å². The number of primary amides is 1. The number of rotatable bonds is 9. The minimum absolute atomic E-state index is 0.00356. The number of benzene rings is 3. The van der Waals surface area contributed by atoms with Crippen LogP contribution in [-0.2, 0) is 9.59 Å². The first-order chi connectivity index (χ1) is 24.2. The Labute approximate surface area is 292 Å². The Bertz CT molecular complexity index is 1660. The van der Waals surface area contributed by atoms with Gasteiger partial charge in [0, 0.05) is 67.3 Å². The average Bonchev–Trinajstić information content (AvgIpc) is 4.05. The van der Waals surface area contributed by atoms with E-state index >= 15 is 0 Å². The number of nitrogens with two attached hydrogens (primary N) is 1. The molecule has 2 aliphatic heterocycles. The molecule has 5 N–H and O–H groups in total. The van der Waals surface area contributed by atoms with Gasteiger partial charge in [-0.25, -0.2) is 4.79 Å². The normalized spacial score (nSPS) is 27.1. The summed E-state index contributed by atoms with van der Waals surface area (Å²) in [6.45, 7) is 1.32. The van der Waals surface area contributed by atoms with Crippen molar-refractivity contribution in [2.45, 2.75) is 62.1 Å². The van der Waals surface area contributed by atoms with E-state index in [1.165, 1.54) is 11.1 Å². The number of carbonyl (C=O) groups is 5. The molecule has 0 bridgehead atoms. The fourth-order valence-corrected chi connectivity index (χ4v) is 7.69. The molecule has 2 heterocycles. The maximum atomic E-state index is 13.8. The van der Waals surface area contributed by atoms with Gasteiger partial charge in [-0.05, 0) is 67.5 Å². The molecule has 4 aliphatic rings. The fourth-order valence-electron chi connectivity index (χ4n) is 7.69. The van der Waals surface area contributed by atoms with Crippen LogP contribution in [0.15, 0.2) is 84.9 Å². The first kappa shape index (κ1) is 33.3. The Hall–Kier alpha value is -5.19. The molecule has 7 rings (SSSR count). The molecule has 0 aromatic heterocycles. The van der Waals surface area contributed by atoms with Gasteiger partial charge in [-0.3, -0.25) is 19.2 Å². The molecule has 6 amide bonds. The van der Waals surface area contributed by atoms with Crippen molar-refractivity contribution in [3.8, 4) is 0 Å². The van der Waals surface area contributed by atoms with Crippen molar-refractivity contribution in [2.24, 2.45) is 17.6 Å². The number of hydrogen-bond donors (Lipinski definition) is 4. The van der Waals surface area contributed by atoms with Gasteiger partial charge in [-0.2, -0.15) is 0 Å². The van der Waals surface area contributed by atoms with Crippen LogP contribution in [0.3, 0.4) is 0 Å². The molecule has 11 nitrogen and oxygen atoms in total. The minimum Gasteiger partial charge on any atom is -0.352 e. The lowest BCUT2D eigenvalue weighted by molar-refractivity contribution is -0.133. The van der Waals surface area contributed by atoms with E-state index in [-0.39, 0.29) is 66.7 Å². The molecule has 50 heavy (non-hydrogen) atoms. The zero-order valence-electron chi connectivity index (χ0n) is 28.0. The van der Waals surface area contributed by atoms with Gasteiger partial charge in [0.05, 0.1) is 11.8 Å².